The first-order chi connectivity index (χ1) is 6.88. The molecule has 3 rings (SSSR count). The largest absolute Gasteiger partial charge is 0.347 e. The van der Waals surface area contributed by atoms with Crippen LogP contribution in [0.3, 0.4) is 0 Å². The first-order valence-electron chi connectivity index (χ1n) is 4.94. The van der Waals surface area contributed by atoms with Crippen molar-refractivity contribution in [3.63, 3.8) is 0 Å². The average molecular weight is 184 g/mol. The fraction of sp³-hybridized carbons (Fsp3) is 0.250. The summed E-state index contributed by atoms with van der Waals surface area (Å²) in [7, 11) is 2.14. The van der Waals surface area contributed by atoms with Crippen LogP contribution in [0, 0.1) is 0 Å². The van der Waals surface area contributed by atoms with Crippen molar-refractivity contribution in [2.75, 3.05) is 6.54 Å². The Bertz CT molecular complexity index is 520. The second-order valence-electron chi connectivity index (χ2n) is 3.72. The Hall–Kier alpha value is -1.57. The first kappa shape index (κ1) is 7.80. The zero-order valence-electron chi connectivity index (χ0n) is 8.20. The van der Waals surface area contributed by atoms with Crippen LogP contribution >= 0.6 is 0 Å². The van der Waals surface area contributed by atoms with Gasteiger partial charge in [-0.3, -0.25) is 4.99 Å². The predicted molar refractivity (Wildman–Crippen MR) is 59.1 cm³/mol. The van der Waals surface area contributed by atoms with E-state index in [1.807, 2.05) is 6.21 Å². The molecular formula is C12H12N2. The third-order valence-corrected chi connectivity index (χ3v) is 2.97. The molecule has 0 atom stereocenters. The van der Waals surface area contributed by atoms with Crippen molar-refractivity contribution in [1.82, 2.24) is 4.57 Å². The molecule has 14 heavy (non-hydrogen) atoms. The lowest BCUT2D eigenvalue weighted by molar-refractivity contribution is 0.818. The molecule has 1 aromatic carbocycles. The van der Waals surface area contributed by atoms with Crippen molar-refractivity contribution < 1.29 is 0 Å². The zero-order valence-corrected chi connectivity index (χ0v) is 8.20. The normalized spacial score (nSPS) is 14.6. The van der Waals surface area contributed by atoms with Gasteiger partial charge in [-0.25, -0.2) is 0 Å². The highest BCUT2D eigenvalue weighted by molar-refractivity contribution is 6.01. The van der Waals surface area contributed by atoms with Gasteiger partial charge in [-0.1, -0.05) is 18.2 Å². The van der Waals surface area contributed by atoms with Gasteiger partial charge in [0.15, 0.2) is 0 Å². The Morgan fingerprint density at radius 3 is 3.07 bits per heavy atom. The van der Waals surface area contributed by atoms with Gasteiger partial charge in [-0.05, 0) is 6.07 Å². The maximum absolute atomic E-state index is 4.34. The standard InChI is InChI=1S/C12H12N2/c1-14-11-5-3-2-4-9(11)10-8-13-7-6-12(10)14/h2-5,8H,6-7H2,1H3. The lowest BCUT2D eigenvalue weighted by Crippen LogP contribution is -2.05. The SMILES string of the molecule is Cn1c2c(c3ccccc31)C=NCC2. The summed E-state index contributed by atoms with van der Waals surface area (Å²) < 4.78 is 2.29. The summed E-state index contributed by atoms with van der Waals surface area (Å²) in [6, 6.07) is 8.52. The molecule has 2 heteroatoms. The highest BCUT2D eigenvalue weighted by Crippen LogP contribution is 2.25. The van der Waals surface area contributed by atoms with E-state index < -0.39 is 0 Å². The summed E-state index contributed by atoms with van der Waals surface area (Å²) in [4.78, 5) is 4.34. The van der Waals surface area contributed by atoms with Crippen LogP contribution in [0.5, 0.6) is 0 Å². The highest BCUT2D eigenvalue weighted by Gasteiger charge is 2.14. The van der Waals surface area contributed by atoms with E-state index in [4.69, 9.17) is 0 Å². The number of aliphatic imine (C=N–C) groups is 1. The van der Waals surface area contributed by atoms with Crippen LogP contribution in [0.2, 0.25) is 0 Å². The average Bonchev–Trinajstić information content (AvgIpc) is 2.55. The Morgan fingerprint density at radius 2 is 2.14 bits per heavy atom. The Kier molecular flexibility index (Phi) is 1.51. The number of para-hydroxylation sites is 1. The van der Waals surface area contributed by atoms with Crippen molar-refractivity contribution in [1.29, 1.82) is 0 Å². The maximum atomic E-state index is 4.34. The Morgan fingerprint density at radius 1 is 1.29 bits per heavy atom. The molecule has 0 amide bonds. The summed E-state index contributed by atoms with van der Waals surface area (Å²) in [5.74, 6) is 0. The highest BCUT2D eigenvalue weighted by atomic mass is 15.0. The number of benzene rings is 1. The minimum absolute atomic E-state index is 0.928. The van der Waals surface area contributed by atoms with Crippen molar-refractivity contribution in [3.8, 4) is 0 Å². The van der Waals surface area contributed by atoms with Gasteiger partial charge in [-0.15, -0.1) is 0 Å². The molecule has 0 saturated carbocycles. The van der Waals surface area contributed by atoms with Gasteiger partial charge in [0.05, 0.1) is 0 Å². The number of aromatic nitrogens is 1. The summed E-state index contributed by atoms with van der Waals surface area (Å²) in [5.41, 5.74) is 4.04. The second-order valence-corrected chi connectivity index (χ2v) is 3.72. The molecule has 1 aromatic heterocycles. The third kappa shape index (κ3) is 0.882. The fourth-order valence-corrected chi connectivity index (χ4v) is 2.25. The molecule has 0 bridgehead atoms. The van der Waals surface area contributed by atoms with Gasteiger partial charge in [0.25, 0.3) is 0 Å². The van der Waals surface area contributed by atoms with Crippen molar-refractivity contribution in [2.24, 2.45) is 12.0 Å². The van der Waals surface area contributed by atoms with Crippen molar-refractivity contribution >= 4 is 17.1 Å². The Balaban J connectivity index is 2.48. The van der Waals surface area contributed by atoms with E-state index >= 15 is 0 Å². The van der Waals surface area contributed by atoms with Crippen LogP contribution < -0.4 is 0 Å². The smallest absolute Gasteiger partial charge is 0.0486 e. The molecule has 0 radical (unpaired) electrons. The van der Waals surface area contributed by atoms with Crippen LogP contribution in [0.15, 0.2) is 29.3 Å². The lowest BCUT2D eigenvalue weighted by atomic mass is 10.1. The number of fused-ring (bicyclic) bond motifs is 3. The quantitative estimate of drug-likeness (QED) is 0.597. The third-order valence-electron chi connectivity index (χ3n) is 2.97. The molecule has 0 unspecified atom stereocenters. The summed E-state index contributed by atoms with van der Waals surface area (Å²) in [6.45, 7) is 0.928. The van der Waals surface area contributed by atoms with E-state index in [-0.39, 0.29) is 0 Å². The van der Waals surface area contributed by atoms with Crippen LogP contribution in [-0.2, 0) is 13.5 Å². The second kappa shape index (κ2) is 2.71. The fourth-order valence-electron chi connectivity index (χ4n) is 2.25. The number of rotatable bonds is 0. The summed E-state index contributed by atoms with van der Waals surface area (Å²) >= 11 is 0. The first-order valence-corrected chi connectivity index (χ1v) is 4.94. The van der Waals surface area contributed by atoms with Gasteiger partial charge in [0, 0.05) is 48.4 Å². The molecule has 70 valence electrons. The van der Waals surface area contributed by atoms with E-state index in [2.05, 4.69) is 40.9 Å². The van der Waals surface area contributed by atoms with E-state index in [0.717, 1.165) is 13.0 Å². The van der Waals surface area contributed by atoms with E-state index in [1.165, 1.54) is 22.2 Å². The van der Waals surface area contributed by atoms with E-state index in [0.29, 0.717) is 0 Å². The maximum Gasteiger partial charge on any atom is 0.0486 e. The zero-order chi connectivity index (χ0) is 9.54. The molecule has 0 aliphatic carbocycles. The summed E-state index contributed by atoms with van der Waals surface area (Å²) in [6.07, 6.45) is 3.08. The minimum atomic E-state index is 0.928. The molecule has 2 heterocycles. The topological polar surface area (TPSA) is 17.3 Å². The minimum Gasteiger partial charge on any atom is -0.347 e. The van der Waals surface area contributed by atoms with E-state index in [1.54, 1.807) is 0 Å². The molecule has 0 N–H and O–H groups in total. The van der Waals surface area contributed by atoms with Gasteiger partial charge in [0.2, 0.25) is 0 Å². The monoisotopic (exact) mass is 184 g/mol. The Labute approximate surface area is 82.9 Å². The molecule has 0 fully saturated rings. The molecule has 2 aromatic rings. The predicted octanol–water partition coefficient (Wildman–Crippen LogP) is 2.15. The van der Waals surface area contributed by atoms with Crippen LogP contribution in [0.25, 0.3) is 10.9 Å². The van der Waals surface area contributed by atoms with Crippen LogP contribution in [0.4, 0.5) is 0 Å². The van der Waals surface area contributed by atoms with Crippen molar-refractivity contribution in [3.05, 3.63) is 35.5 Å². The molecule has 0 saturated heterocycles. The number of nitrogens with zero attached hydrogens (tertiary/aromatic N) is 2. The van der Waals surface area contributed by atoms with Crippen molar-refractivity contribution in [2.45, 2.75) is 6.42 Å². The lowest BCUT2D eigenvalue weighted by Gasteiger charge is -2.07. The number of hydrogen-bond acceptors (Lipinski definition) is 1. The number of aryl methyl sites for hydroxylation is 1. The molecule has 2 nitrogen and oxygen atoms in total. The van der Waals surface area contributed by atoms with Gasteiger partial charge < -0.3 is 4.57 Å². The summed E-state index contributed by atoms with van der Waals surface area (Å²) in [5, 5.41) is 1.33. The van der Waals surface area contributed by atoms with Gasteiger partial charge >= 0.3 is 0 Å². The number of hydrogen-bond donors (Lipinski definition) is 0. The molecular weight excluding hydrogens is 172 g/mol. The van der Waals surface area contributed by atoms with Crippen LogP contribution in [0.1, 0.15) is 11.3 Å². The molecule has 1 aliphatic rings. The molecule has 1 aliphatic heterocycles. The van der Waals surface area contributed by atoms with Gasteiger partial charge in [-0.2, -0.15) is 0 Å². The van der Waals surface area contributed by atoms with Crippen LogP contribution in [-0.4, -0.2) is 17.3 Å². The van der Waals surface area contributed by atoms with E-state index in [9.17, 15) is 0 Å². The molecule has 0 spiro atoms. The van der Waals surface area contributed by atoms with Gasteiger partial charge in [0.1, 0.15) is 0 Å².